The Labute approximate surface area is 346 Å². The molecule has 0 saturated carbocycles. The van der Waals surface area contributed by atoms with Gasteiger partial charge in [-0.25, -0.2) is 14.4 Å². The minimum atomic E-state index is -0.917. The molecule has 0 bridgehead atoms. The molecule has 0 radical (unpaired) electrons. The van der Waals surface area contributed by atoms with E-state index in [0.717, 1.165) is 30.3 Å². The number of aromatic carboxylic acids is 2. The van der Waals surface area contributed by atoms with Gasteiger partial charge in [0, 0.05) is 32.3 Å². The predicted molar refractivity (Wildman–Crippen MR) is 192 cm³/mol. The van der Waals surface area contributed by atoms with E-state index in [2.05, 4.69) is 4.74 Å². The zero-order valence-corrected chi connectivity index (χ0v) is 34.4. The van der Waals surface area contributed by atoms with E-state index in [-0.39, 0.29) is 62.8 Å². The van der Waals surface area contributed by atoms with Crippen molar-refractivity contribution in [3.05, 3.63) is 69.2 Å². The van der Waals surface area contributed by atoms with E-state index in [9.17, 15) is 14.4 Å². The molecule has 0 fully saturated rings. The first-order chi connectivity index (χ1) is 23.5. The summed E-state index contributed by atoms with van der Waals surface area (Å²) in [5.74, 6) is 1.55. The summed E-state index contributed by atoms with van der Waals surface area (Å²) in [5.41, 5.74) is 0. The van der Waals surface area contributed by atoms with Crippen LogP contribution in [0.1, 0.15) is 29.0 Å². The van der Waals surface area contributed by atoms with Gasteiger partial charge < -0.3 is 48.8 Å². The van der Waals surface area contributed by atoms with Crippen LogP contribution in [0, 0.1) is 0 Å². The van der Waals surface area contributed by atoms with Crippen molar-refractivity contribution < 1.29 is 115 Å². The first-order valence-electron chi connectivity index (χ1n) is 14.0. The van der Waals surface area contributed by atoms with Crippen molar-refractivity contribution in [3.8, 4) is 34.5 Å². The minimum absolute atomic E-state index is 0. The molecule has 6 rings (SSSR count). The molecule has 3 N–H and O–H groups in total. The molecule has 0 saturated heterocycles. The standard InChI is InChI=1S/C12H12O4S.2C11H10O4S.K.H2O/c1-14-8-4-7-5-11(12(13)16-3)17-10(7)6-9(8)15-2;2*1-14-7-3-6-4-10(11(12)13)16-9(6)5-8(7)15-2;;/h4-6H,1-3H3;2*3-5H,1-2H3,(H,12,13);;1H2/q;;;+1;/p-1. The number of carboxylic acid groups (broad SMARTS) is 2. The number of thiophene rings is 3. The molecule has 266 valence electrons. The van der Waals surface area contributed by atoms with Crippen LogP contribution in [0.3, 0.4) is 0 Å². The molecular formula is C34H33KO13S3. The van der Waals surface area contributed by atoms with Crippen molar-refractivity contribution in [2.24, 2.45) is 0 Å². The van der Waals surface area contributed by atoms with Crippen LogP contribution in [0.25, 0.3) is 30.3 Å². The molecule has 0 aliphatic carbocycles. The van der Waals surface area contributed by atoms with Crippen molar-refractivity contribution in [2.75, 3.05) is 49.8 Å². The number of esters is 1. The average molecular weight is 785 g/mol. The largest absolute Gasteiger partial charge is 1.00 e. The predicted octanol–water partition coefficient (Wildman–Crippen LogP) is 4.77. The second-order valence-corrected chi connectivity index (χ2v) is 12.9. The third kappa shape index (κ3) is 10.2. The van der Waals surface area contributed by atoms with Gasteiger partial charge in [-0.1, -0.05) is 0 Å². The summed E-state index contributed by atoms with van der Waals surface area (Å²) in [6.07, 6.45) is 0. The van der Waals surface area contributed by atoms with Gasteiger partial charge in [0.15, 0.2) is 34.5 Å². The summed E-state index contributed by atoms with van der Waals surface area (Å²) in [7, 11) is 10.7. The van der Waals surface area contributed by atoms with Gasteiger partial charge in [0.05, 0.1) is 49.8 Å². The molecule has 0 amide bonds. The SMILES string of the molecule is COC(=O)c1cc2cc(OC)c(OC)cc2s1.COc1cc2cc(C(=O)O)sc2cc1OC.COc1cc2cc(C(=O)O)sc2cc1OC.[K+].[OH-]. The smallest absolute Gasteiger partial charge is 0.870 e. The van der Waals surface area contributed by atoms with Crippen LogP contribution in [0.5, 0.6) is 34.5 Å². The Morgan fingerprint density at radius 3 is 0.961 bits per heavy atom. The van der Waals surface area contributed by atoms with E-state index < -0.39 is 11.9 Å². The third-order valence-corrected chi connectivity index (χ3v) is 10.1. The molecule has 3 heterocycles. The van der Waals surface area contributed by atoms with Gasteiger partial charge in [-0.05, 0) is 52.6 Å². The molecular weight excluding hydrogens is 752 g/mol. The molecule has 17 heteroatoms. The van der Waals surface area contributed by atoms with Crippen molar-refractivity contribution in [3.63, 3.8) is 0 Å². The van der Waals surface area contributed by atoms with Crippen molar-refractivity contribution >= 4 is 82.2 Å². The number of hydrogen-bond acceptors (Lipinski definition) is 14. The molecule has 51 heavy (non-hydrogen) atoms. The molecule has 0 spiro atoms. The number of carbonyl (C=O) groups is 3. The minimum Gasteiger partial charge on any atom is -0.870 e. The number of benzene rings is 3. The fourth-order valence-electron chi connectivity index (χ4n) is 4.51. The Balaban J connectivity index is 0.000000260. The zero-order valence-electron chi connectivity index (χ0n) is 28.8. The van der Waals surface area contributed by atoms with E-state index in [1.54, 1.807) is 85.1 Å². The monoisotopic (exact) mass is 784 g/mol. The Morgan fingerprint density at radius 1 is 0.451 bits per heavy atom. The Hall–Kier alpha value is -3.65. The van der Waals surface area contributed by atoms with Gasteiger partial charge in [0.1, 0.15) is 14.6 Å². The van der Waals surface area contributed by atoms with Gasteiger partial charge in [-0.3, -0.25) is 0 Å². The number of hydrogen-bond donors (Lipinski definition) is 2. The van der Waals surface area contributed by atoms with Crippen LogP contribution >= 0.6 is 34.0 Å². The molecule has 0 atom stereocenters. The van der Waals surface area contributed by atoms with Gasteiger partial charge >= 0.3 is 69.3 Å². The summed E-state index contributed by atoms with van der Waals surface area (Å²) < 4.78 is 38.4. The number of rotatable bonds is 9. The zero-order chi connectivity index (χ0) is 35.8. The topological polar surface area (TPSA) is 186 Å². The number of methoxy groups -OCH3 is 7. The maximum atomic E-state index is 11.4. The fourth-order valence-corrected chi connectivity index (χ4v) is 7.33. The normalized spacial score (nSPS) is 9.94. The second-order valence-electron chi connectivity index (χ2n) is 9.67. The fraction of sp³-hybridized carbons (Fsp3) is 0.206. The average Bonchev–Trinajstić information content (AvgIpc) is 3.85. The Morgan fingerprint density at radius 2 is 0.706 bits per heavy atom. The van der Waals surface area contributed by atoms with Crippen molar-refractivity contribution in [1.82, 2.24) is 0 Å². The Kier molecular flexibility index (Phi) is 16.9. The molecule has 0 unspecified atom stereocenters. The van der Waals surface area contributed by atoms with Crippen LogP contribution in [0.4, 0.5) is 0 Å². The molecule has 3 aromatic heterocycles. The van der Waals surface area contributed by atoms with Gasteiger partial charge in [-0.2, -0.15) is 0 Å². The van der Waals surface area contributed by atoms with Crippen molar-refractivity contribution in [1.29, 1.82) is 0 Å². The Bertz CT molecular complexity index is 1910. The van der Waals surface area contributed by atoms with E-state index >= 15 is 0 Å². The van der Waals surface area contributed by atoms with Crippen LogP contribution < -0.4 is 79.8 Å². The van der Waals surface area contributed by atoms with Crippen LogP contribution in [-0.2, 0) is 4.74 Å². The first-order valence-corrected chi connectivity index (χ1v) is 16.5. The second kappa shape index (κ2) is 19.8. The van der Waals surface area contributed by atoms with E-state index in [0.29, 0.717) is 49.1 Å². The summed E-state index contributed by atoms with van der Waals surface area (Å²) in [4.78, 5) is 34.3. The number of ether oxygens (including phenoxy) is 7. The van der Waals surface area contributed by atoms with Gasteiger partial charge in [0.2, 0.25) is 0 Å². The molecule has 3 aromatic carbocycles. The molecule has 13 nitrogen and oxygen atoms in total. The number of fused-ring (bicyclic) bond motifs is 3. The third-order valence-electron chi connectivity index (χ3n) is 6.88. The van der Waals surface area contributed by atoms with Crippen LogP contribution in [0.15, 0.2) is 54.6 Å². The van der Waals surface area contributed by atoms with E-state index in [4.69, 9.17) is 38.6 Å². The van der Waals surface area contributed by atoms with Crippen LogP contribution in [0.2, 0.25) is 0 Å². The quantitative estimate of drug-likeness (QED) is 0.151. The van der Waals surface area contributed by atoms with Gasteiger partial charge in [-0.15, -0.1) is 34.0 Å². The van der Waals surface area contributed by atoms with Crippen molar-refractivity contribution in [2.45, 2.75) is 0 Å². The van der Waals surface area contributed by atoms with Gasteiger partial charge in [0.25, 0.3) is 0 Å². The summed E-state index contributed by atoms with van der Waals surface area (Å²) in [6, 6.07) is 15.9. The molecule has 6 aromatic rings. The summed E-state index contributed by atoms with van der Waals surface area (Å²) >= 11 is 3.81. The van der Waals surface area contributed by atoms with Crippen LogP contribution in [-0.4, -0.2) is 83.4 Å². The molecule has 0 aliphatic rings. The maximum absolute atomic E-state index is 11.4. The first kappa shape index (κ1) is 43.5. The number of carbonyl (C=O) groups excluding carboxylic acids is 1. The van der Waals surface area contributed by atoms with E-state index in [1.165, 1.54) is 41.1 Å². The summed E-state index contributed by atoms with van der Waals surface area (Å²) in [6.45, 7) is 0. The maximum Gasteiger partial charge on any atom is 1.00 e. The van der Waals surface area contributed by atoms with E-state index in [1.807, 2.05) is 12.1 Å². The number of carboxylic acids is 2. The summed E-state index contributed by atoms with van der Waals surface area (Å²) in [5, 5.41) is 20.4. The molecule has 0 aliphatic heterocycles.